The number of ether oxygens (including phenoxy) is 1. The molecule has 1 N–H and O–H groups in total. The Kier molecular flexibility index (Phi) is 6.08. The molecule has 1 aromatic carbocycles. The minimum atomic E-state index is -4.40. The zero-order chi connectivity index (χ0) is 19.5. The Morgan fingerprint density at radius 2 is 1.70 bits per heavy atom. The number of nitrogens with zero attached hydrogens (tertiary/aromatic N) is 2. The maximum atomic E-state index is 12.7. The van der Waals surface area contributed by atoms with Gasteiger partial charge >= 0.3 is 6.18 Å². The Labute approximate surface area is 157 Å². The molecule has 0 aliphatic carbocycles. The number of halogens is 3. The third-order valence-corrected chi connectivity index (χ3v) is 5.65. The molecule has 0 radical (unpaired) electrons. The first-order valence-electron chi connectivity index (χ1n) is 9.27. The Hall–Kier alpha value is -1.64. The number of amides is 1. The maximum absolute atomic E-state index is 12.7. The number of nitrogens with one attached hydrogen (secondary N) is 1. The minimum Gasteiger partial charge on any atom is -0.379 e. The summed E-state index contributed by atoms with van der Waals surface area (Å²) in [7, 11) is 2.09. The van der Waals surface area contributed by atoms with Crippen LogP contribution in [0, 0.1) is 0 Å². The van der Waals surface area contributed by atoms with Gasteiger partial charge in [-0.25, -0.2) is 0 Å². The molecule has 2 saturated heterocycles. The monoisotopic (exact) mass is 385 g/mol. The van der Waals surface area contributed by atoms with Crippen LogP contribution in [-0.2, 0) is 10.9 Å². The fourth-order valence-electron chi connectivity index (χ4n) is 3.83. The molecule has 5 nitrogen and oxygen atoms in total. The molecule has 2 aliphatic rings. The summed E-state index contributed by atoms with van der Waals surface area (Å²) < 4.78 is 43.5. The lowest BCUT2D eigenvalue weighted by molar-refractivity contribution is -0.137. The zero-order valence-corrected chi connectivity index (χ0v) is 15.5. The fourth-order valence-corrected chi connectivity index (χ4v) is 3.83. The van der Waals surface area contributed by atoms with Gasteiger partial charge in [-0.15, -0.1) is 0 Å². The Morgan fingerprint density at radius 3 is 2.26 bits per heavy atom. The van der Waals surface area contributed by atoms with Crippen molar-refractivity contribution in [2.45, 2.75) is 24.6 Å². The first kappa shape index (κ1) is 20.1. The van der Waals surface area contributed by atoms with E-state index in [1.54, 1.807) is 0 Å². The highest BCUT2D eigenvalue weighted by atomic mass is 19.4. The van der Waals surface area contributed by atoms with E-state index in [0.717, 1.165) is 51.2 Å². The molecule has 2 heterocycles. The van der Waals surface area contributed by atoms with Gasteiger partial charge in [0.25, 0.3) is 5.91 Å². The van der Waals surface area contributed by atoms with Crippen molar-refractivity contribution in [3.8, 4) is 0 Å². The van der Waals surface area contributed by atoms with Gasteiger partial charge in [-0.1, -0.05) is 0 Å². The summed E-state index contributed by atoms with van der Waals surface area (Å²) in [6, 6.07) is 4.35. The molecule has 0 saturated carbocycles. The second-order valence-electron chi connectivity index (χ2n) is 7.38. The molecule has 150 valence electrons. The van der Waals surface area contributed by atoms with Crippen molar-refractivity contribution in [2.24, 2.45) is 0 Å². The molecule has 0 aromatic heterocycles. The summed E-state index contributed by atoms with van der Waals surface area (Å²) in [6.07, 6.45) is -2.52. The van der Waals surface area contributed by atoms with E-state index in [1.165, 1.54) is 12.1 Å². The molecule has 8 heteroatoms. The third kappa shape index (κ3) is 4.80. The molecular formula is C19H26F3N3O2. The molecule has 3 rings (SSSR count). The van der Waals surface area contributed by atoms with Crippen molar-refractivity contribution in [1.82, 2.24) is 15.1 Å². The number of hydrogen-bond acceptors (Lipinski definition) is 4. The van der Waals surface area contributed by atoms with Crippen molar-refractivity contribution >= 4 is 5.91 Å². The molecule has 1 amide bonds. The van der Waals surface area contributed by atoms with Crippen LogP contribution < -0.4 is 5.32 Å². The molecule has 27 heavy (non-hydrogen) atoms. The molecular weight excluding hydrogens is 359 g/mol. The van der Waals surface area contributed by atoms with E-state index < -0.39 is 11.7 Å². The van der Waals surface area contributed by atoms with Gasteiger partial charge < -0.3 is 15.0 Å². The van der Waals surface area contributed by atoms with Crippen LogP contribution in [0.3, 0.4) is 0 Å². The van der Waals surface area contributed by atoms with Gasteiger partial charge in [0.1, 0.15) is 0 Å². The van der Waals surface area contributed by atoms with Crippen molar-refractivity contribution < 1.29 is 22.7 Å². The Balaban J connectivity index is 1.66. The number of piperidine rings is 1. The predicted octanol–water partition coefficient (Wildman–Crippen LogP) is 2.23. The first-order valence-corrected chi connectivity index (χ1v) is 9.27. The van der Waals surface area contributed by atoms with Crippen LogP contribution in [0.25, 0.3) is 0 Å². The van der Waals surface area contributed by atoms with Gasteiger partial charge in [-0.05, 0) is 57.2 Å². The molecule has 2 fully saturated rings. The minimum absolute atomic E-state index is 0.127. The Morgan fingerprint density at radius 1 is 1.11 bits per heavy atom. The van der Waals surface area contributed by atoms with Crippen molar-refractivity contribution in [2.75, 3.05) is 53.0 Å². The number of carbonyl (C=O) groups is 1. The van der Waals surface area contributed by atoms with E-state index >= 15 is 0 Å². The highest BCUT2D eigenvalue weighted by Crippen LogP contribution is 2.30. The summed E-state index contributed by atoms with van der Waals surface area (Å²) in [5.41, 5.74) is -0.634. The number of benzene rings is 1. The lowest BCUT2D eigenvalue weighted by Crippen LogP contribution is -2.62. The average Bonchev–Trinajstić information content (AvgIpc) is 2.68. The van der Waals surface area contributed by atoms with E-state index in [4.69, 9.17) is 4.74 Å². The summed E-state index contributed by atoms with van der Waals surface area (Å²) in [5.74, 6) is -0.338. The third-order valence-electron chi connectivity index (χ3n) is 5.65. The second-order valence-corrected chi connectivity index (χ2v) is 7.38. The van der Waals surface area contributed by atoms with E-state index in [9.17, 15) is 18.0 Å². The summed E-state index contributed by atoms with van der Waals surface area (Å²) >= 11 is 0. The van der Waals surface area contributed by atoms with Gasteiger partial charge in [0, 0.05) is 30.7 Å². The van der Waals surface area contributed by atoms with Crippen LogP contribution in [-0.4, -0.2) is 74.2 Å². The highest BCUT2D eigenvalue weighted by molar-refractivity contribution is 5.94. The standard InChI is InChI=1S/C19H26F3N3O2/c1-24-8-6-18(7-9-24,25-10-12-27-13-11-25)14-23-17(26)15-2-4-16(5-3-15)19(20,21)22/h2-5H,6-14H2,1H3,(H,23,26). The fraction of sp³-hybridized carbons (Fsp3) is 0.632. The first-order chi connectivity index (χ1) is 12.8. The number of alkyl halides is 3. The van der Waals surface area contributed by atoms with Crippen molar-refractivity contribution in [3.05, 3.63) is 35.4 Å². The zero-order valence-electron chi connectivity index (χ0n) is 15.5. The molecule has 0 unspecified atom stereocenters. The van der Waals surface area contributed by atoms with Gasteiger partial charge in [-0.2, -0.15) is 13.2 Å². The number of hydrogen-bond donors (Lipinski definition) is 1. The van der Waals surface area contributed by atoms with Crippen molar-refractivity contribution in [1.29, 1.82) is 0 Å². The topological polar surface area (TPSA) is 44.8 Å². The van der Waals surface area contributed by atoms with Crippen LogP contribution in [0.4, 0.5) is 13.2 Å². The summed E-state index contributed by atoms with van der Waals surface area (Å²) in [6.45, 7) is 5.43. The molecule has 2 aliphatic heterocycles. The smallest absolute Gasteiger partial charge is 0.379 e. The number of rotatable bonds is 4. The number of carbonyl (C=O) groups excluding carboxylic acids is 1. The molecule has 0 bridgehead atoms. The number of morpholine rings is 1. The molecule has 0 spiro atoms. The average molecular weight is 385 g/mol. The SMILES string of the molecule is CN1CCC(CNC(=O)c2ccc(C(F)(F)F)cc2)(N2CCOCC2)CC1. The summed E-state index contributed by atoms with van der Waals surface area (Å²) in [4.78, 5) is 17.2. The van der Waals surface area contributed by atoms with E-state index in [-0.39, 0.29) is 17.0 Å². The van der Waals surface area contributed by atoms with Crippen LogP contribution in [0.2, 0.25) is 0 Å². The normalized spacial score (nSPS) is 21.8. The van der Waals surface area contributed by atoms with Crippen LogP contribution in [0.15, 0.2) is 24.3 Å². The van der Waals surface area contributed by atoms with Crippen LogP contribution in [0.5, 0.6) is 0 Å². The Bertz CT molecular complexity index is 635. The van der Waals surface area contributed by atoms with Gasteiger partial charge in [0.05, 0.1) is 18.8 Å². The maximum Gasteiger partial charge on any atom is 0.416 e. The van der Waals surface area contributed by atoms with E-state index in [2.05, 4.69) is 22.2 Å². The predicted molar refractivity (Wildman–Crippen MR) is 95.6 cm³/mol. The van der Waals surface area contributed by atoms with Crippen LogP contribution in [0.1, 0.15) is 28.8 Å². The number of likely N-dealkylation sites (tertiary alicyclic amines) is 1. The van der Waals surface area contributed by atoms with E-state index in [1.807, 2.05) is 0 Å². The molecule has 1 aromatic rings. The quantitative estimate of drug-likeness (QED) is 0.864. The highest BCUT2D eigenvalue weighted by Gasteiger charge is 2.40. The second kappa shape index (κ2) is 8.16. The lowest BCUT2D eigenvalue weighted by atomic mass is 9.85. The van der Waals surface area contributed by atoms with Gasteiger partial charge in [0.2, 0.25) is 0 Å². The van der Waals surface area contributed by atoms with Gasteiger partial charge in [-0.3, -0.25) is 9.69 Å². The van der Waals surface area contributed by atoms with Crippen LogP contribution >= 0.6 is 0 Å². The van der Waals surface area contributed by atoms with Gasteiger partial charge in [0.15, 0.2) is 0 Å². The van der Waals surface area contributed by atoms with E-state index in [0.29, 0.717) is 19.8 Å². The molecule has 0 atom stereocenters. The summed E-state index contributed by atoms with van der Waals surface area (Å²) in [5, 5.41) is 2.96. The largest absolute Gasteiger partial charge is 0.416 e. The van der Waals surface area contributed by atoms with Crippen molar-refractivity contribution in [3.63, 3.8) is 0 Å². The lowest BCUT2D eigenvalue weighted by Gasteiger charge is -2.49.